The lowest BCUT2D eigenvalue weighted by Crippen LogP contribution is -2.37. The molecule has 110 valence electrons. The summed E-state index contributed by atoms with van der Waals surface area (Å²) in [5.74, 6) is 1.26. The minimum Gasteiger partial charge on any atom is -0.460 e. The summed E-state index contributed by atoms with van der Waals surface area (Å²) in [4.78, 5) is 15.3. The molecule has 0 bridgehead atoms. The Kier molecular flexibility index (Phi) is 4.15. The first-order chi connectivity index (χ1) is 9.85. The number of hydrogen-bond donors (Lipinski definition) is 1. The van der Waals surface area contributed by atoms with Crippen LogP contribution in [0.2, 0.25) is 0 Å². The smallest absolute Gasteiger partial charge is 0.323 e. The summed E-state index contributed by atoms with van der Waals surface area (Å²) in [6.45, 7) is 5.82. The quantitative estimate of drug-likeness (QED) is 0.864. The molecule has 1 aliphatic carbocycles. The molecule has 2 fully saturated rings. The van der Waals surface area contributed by atoms with Crippen molar-refractivity contribution in [3.8, 4) is 6.01 Å². The van der Waals surface area contributed by atoms with Crippen molar-refractivity contribution in [1.29, 1.82) is 0 Å². The molecule has 2 heterocycles. The Morgan fingerprint density at radius 1 is 1.25 bits per heavy atom. The summed E-state index contributed by atoms with van der Waals surface area (Å²) < 4.78 is 11.2. The highest BCUT2D eigenvalue weighted by molar-refractivity contribution is 5.38. The van der Waals surface area contributed by atoms with Gasteiger partial charge in [-0.2, -0.15) is 15.0 Å². The Morgan fingerprint density at radius 2 is 2.05 bits per heavy atom. The van der Waals surface area contributed by atoms with Crippen molar-refractivity contribution in [2.45, 2.75) is 32.3 Å². The zero-order valence-corrected chi connectivity index (χ0v) is 11.8. The molecule has 1 aliphatic heterocycles. The van der Waals surface area contributed by atoms with Crippen LogP contribution < -0.4 is 15.0 Å². The van der Waals surface area contributed by atoms with Gasteiger partial charge in [-0.1, -0.05) is 0 Å². The van der Waals surface area contributed by atoms with E-state index in [1.165, 1.54) is 6.42 Å². The highest BCUT2D eigenvalue weighted by atomic mass is 16.5. The summed E-state index contributed by atoms with van der Waals surface area (Å²) in [7, 11) is 0. The first-order valence-corrected chi connectivity index (χ1v) is 7.34. The molecule has 1 aromatic rings. The second-order valence-corrected chi connectivity index (χ2v) is 5.04. The first kappa shape index (κ1) is 13.4. The van der Waals surface area contributed by atoms with Gasteiger partial charge in [-0.05, 0) is 26.2 Å². The van der Waals surface area contributed by atoms with Crippen molar-refractivity contribution in [1.82, 2.24) is 15.0 Å². The van der Waals surface area contributed by atoms with Gasteiger partial charge in [0, 0.05) is 19.6 Å². The molecule has 1 N–H and O–H groups in total. The summed E-state index contributed by atoms with van der Waals surface area (Å²) >= 11 is 0. The lowest BCUT2D eigenvalue weighted by Gasteiger charge is -2.28. The van der Waals surface area contributed by atoms with Crippen LogP contribution in [0.15, 0.2) is 0 Å². The molecule has 1 saturated carbocycles. The SMILES string of the molecule is CCNc1nc(OC2CCC2)nc(N2CCOCC2)n1. The van der Waals surface area contributed by atoms with Crippen LogP contribution in [0.1, 0.15) is 26.2 Å². The average Bonchev–Trinajstić information content (AvgIpc) is 2.44. The number of hydrogen-bond acceptors (Lipinski definition) is 7. The van der Waals surface area contributed by atoms with Gasteiger partial charge >= 0.3 is 6.01 Å². The number of morpholine rings is 1. The summed E-state index contributed by atoms with van der Waals surface area (Å²) in [6.07, 6.45) is 3.68. The van der Waals surface area contributed by atoms with Crippen molar-refractivity contribution < 1.29 is 9.47 Å². The topological polar surface area (TPSA) is 72.4 Å². The molecule has 0 atom stereocenters. The van der Waals surface area contributed by atoms with E-state index >= 15 is 0 Å². The van der Waals surface area contributed by atoms with Gasteiger partial charge < -0.3 is 19.7 Å². The number of ether oxygens (including phenoxy) is 2. The molecule has 1 aromatic heterocycles. The van der Waals surface area contributed by atoms with Crippen molar-refractivity contribution in [2.75, 3.05) is 43.1 Å². The summed E-state index contributed by atoms with van der Waals surface area (Å²) in [6, 6.07) is 0.433. The van der Waals surface area contributed by atoms with Gasteiger partial charge in [0.25, 0.3) is 0 Å². The number of nitrogens with zero attached hydrogens (tertiary/aromatic N) is 4. The Morgan fingerprint density at radius 3 is 2.70 bits per heavy atom. The normalized spacial score (nSPS) is 19.6. The van der Waals surface area contributed by atoms with Crippen LogP contribution >= 0.6 is 0 Å². The summed E-state index contributed by atoms with van der Waals surface area (Å²) in [5, 5.41) is 3.14. The first-order valence-electron chi connectivity index (χ1n) is 7.34. The molecule has 0 unspecified atom stereocenters. The molecular weight excluding hydrogens is 258 g/mol. The molecule has 0 radical (unpaired) electrons. The fraction of sp³-hybridized carbons (Fsp3) is 0.769. The lowest BCUT2D eigenvalue weighted by molar-refractivity contribution is 0.107. The molecule has 0 aromatic carbocycles. The van der Waals surface area contributed by atoms with E-state index < -0.39 is 0 Å². The Labute approximate surface area is 118 Å². The van der Waals surface area contributed by atoms with Crippen LogP contribution in [0.5, 0.6) is 6.01 Å². The van der Waals surface area contributed by atoms with Gasteiger partial charge in [0.1, 0.15) is 6.10 Å². The fourth-order valence-electron chi connectivity index (χ4n) is 2.18. The second kappa shape index (κ2) is 6.21. The monoisotopic (exact) mass is 279 g/mol. The van der Waals surface area contributed by atoms with Crippen LogP contribution in [0.3, 0.4) is 0 Å². The molecular formula is C13H21N5O2. The van der Waals surface area contributed by atoms with Crippen molar-refractivity contribution in [3.05, 3.63) is 0 Å². The van der Waals surface area contributed by atoms with Crippen LogP contribution in [-0.4, -0.2) is 53.9 Å². The average molecular weight is 279 g/mol. The fourth-order valence-corrected chi connectivity index (χ4v) is 2.18. The van der Waals surface area contributed by atoms with Crippen LogP contribution in [0, 0.1) is 0 Å². The maximum Gasteiger partial charge on any atom is 0.323 e. The number of anilines is 2. The standard InChI is InChI=1S/C13H21N5O2/c1-2-14-11-15-12(18-6-8-19-9-7-18)17-13(16-11)20-10-4-3-5-10/h10H,2-9H2,1H3,(H,14,15,16,17). The Hall–Kier alpha value is -1.63. The largest absolute Gasteiger partial charge is 0.460 e. The minimum atomic E-state index is 0.268. The number of nitrogens with one attached hydrogen (secondary N) is 1. The van der Waals surface area contributed by atoms with Gasteiger partial charge in [-0.25, -0.2) is 0 Å². The maximum absolute atomic E-state index is 5.81. The zero-order valence-electron chi connectivity index (χ0n) is 11.8. The molecule has 1 saturated heterocycles. The maximum atomic E-state index is 5.81. The highest BCUT2D eigenvalue weighted by Crippen LogP contribution is 2.24. The second-order valence-electron chi connectivity index (χ2n) is 5.04. The molecule has 0 amide bonds. The van der Waals surface area contributed by atoms with E-state index in [2.05, 4.69) is 25.2 Å². The minimum absolute atomic E-state index is 0.268. The van der Waals surface area contributed by atoms with Gasteiger partial charge in [-0.3, -0.25) is 0 Å². The molecule has 0 spiro atoms. The Balaban J connectivity index is 1.78. The predicted molar refractivity (Wildman–Crippen MR) is 75.3 cm³/mol. The third-order valence-electron chi connectivity index (χ3n) is 3.56. The van der Waals surface area contributed by atoms with Gasteiger partial charge in [0.05, 0.1) is 13.2 Å². The van der Waals surface area contributed by atoms with Crippen molar-refractivity contribution in [2.24, 2.45) is 0 Å². The molecule has 7 nitrogen and oxygen atoms in total. The van der Waals surface area contributed by atoms with E-state index in [4.69, 9.17) is 9.47 Å². The van der Waals surface area contributed by atoms with E-state index in [0.29, 0.717) is 31.1 Å². The highest BCUT2D eigenvalue weighted by Gasteiger charge is 2.22. The lowest BCUT2D eigenvalue weighted by atomic mass is 9.96. The van der Waals surface area contributed by atoms with Crippen LogP contribution in [-0.2, 0) is 4.74 Å². The van der Waals surface area contributed by atoms with E-state index in [1.807, 2.05) is 6.92 Å². The van der Waals surface area contributed by atoms with Crippen molar-refractivity contribution in [3.63, 3.8) is 0 Å². The number of aromatic nitrogens is 3. The number of rotatable bonds is 5. The van der Waals surface area contributed by atoms with Crippen LogP contribution in [0.25, 0.3) is 0 Å². The summed E-state index contributed by atoms with van der Waals surface area (Å²) in [5.41, 5.74) is 0. The molecule has 7 heteroatoms. The molecule has 3 rings (SSSR count). The van der Waals surface area contributed by atoms with Gasteiger partial charge in [0.2, 0.25) is 11.9 Å². The van der Waals surface area contributed by atoms with Gasteiger partial charge in [0.15, 0.2) is 0 Å². The zero-order chi connectivity index (χ0) is 13.8. The van der Waals surface area contributed by atoms with E-state index in [9.17, 15) is 0 Å². The molecule has 20 heavy (non-hydrogen) atoms. The van der Waals surface area contributed by atoms with E-state index in [-0.39, 0.29) is 6.10 Å². The van der Waals surface area contributed by atoms with Crippen molar-refractivity contribution >= 4 is 11.9 Å². The Bertz CT molecular complexity index is 446. The van der Waals surface area contributed by atoms with Gasteiger partial charge in [-0.15, -0.1) is 0 Å². The van der Waals surface area contributed by atoms with E-state index in [0.717, 1.165) is 32.5 Å². The van der Waals surface area contributed by atoms with Crippen LogP contribution in [0.4, 0.5) is 11.9 Å². The third kappa shape index (κ3) is 3.09. The molecule has 2 aliphatic rings. The van der Waals surface area contributed by atoms with E-state index in [1.54, 1.807) is 0 Å². The third-order valence-corrected chi connectivity index (χ3v) is 3.56. The predicted octanol–water partition coefficient (Wildman–Crippen LogP) is 1.07.